The summed E-state index contributed by atoms with van der Waals surface area (Å²) in [6.07, 6.45) is 0. The van der Waals surface area contributed by atoms with Gasteiger partial charge in [-0.2, -0.15) is 0 Å². The van der Waals surface area contributed by atoms with E-state index in [1.807, 2.05) is 18.2 Å². The molecule has 0 saturated carbocycles. The third kappa shape index (κ3) is 1.77. The first kappa shape index (κ1) is 12.1. The predicted octanol–water partition coefficient (Wildman–Crippen LogP) is 4.20. The maximum absolute atomic E-state index is 10.1. The standard InChI is InChI=1S/C14H12OS3/c15-10-14(11-4-1-7-16-11,12-5-2-8-17-12)13-6-3-9-18-13/h1-9,15H,10H2. The molecule has 1 N–H and O–H groups in total. The van der Waals surface area contributed by atoms with E-state index < -0.39 is 0 Å². The van der Waals surface area contributed by atoms with Crippen LogP contribution in [0.1, 0.15) is 14.6 Å². The lowest BCUT2D eigenvalue weighted by atomic mass is 9.84. The summed E-state index contributed by atoms with van der Waals surface area (Å²) < 4.78 is 0. The molecular weight excluding hydrogens is 280 g/mol. The molecule has 18 heavy (non-hydrogen) atoms. The average molecular weight is 292 g/mol. The van der Waals surface area contributed by atoms with E-state index in [1.54, 1.807) is 34.0 Å². The highest BCUT2D eigenvalue weighted by Crippen LogP contribution is 2.44. The summed E-state index contributed by atoms with van der Waals surface area (Å²) in [6, 6.07) is 12.5. The molecular formula is C14H12OS3. The van der Waals surface area contributed by atoms with Gasteiger partial charge in [-0.3, -0.25) is 0 Å². The van der Waals surface area contributed by atoms with Crippen LogP contribution in [0.15, 0.2) is 52.5 Å². The zero-order chi connectivity index (χ0) is 12.4. The Morgan fingerprint density at radius 1 is 0.778 bits per heavy atom. The van der Waals surface area contributed by atoms with Crippen molar-refractivity contribution in [3.8, 4) is 0 Å². The van der Waals surface area contributed by atoms with E-state index in [0.717, 1.165) is 0 Å². The molecule has 0 aliphatic heterocycles. The minimum Gasteiger partial charge on any atom is -0.395 e. The van der Waals surface area contributed by atoms with Crippen LogP contribution in [0.5, 0.6) is 0 Å². The summed E-state index contributed by atoms with van der Waals surface area (Å²) in [6.45, 7) is 0.106. The Morgan fingerprint density at radius 2 is 1.17 bits per heavy atom. The molecule has 1 nitrogen and oxygen atoms in total. The van der Waals surface area contributed by atoms with Crippen LogP contribution in [0.3, 0.4) is 0 Å². The third-order valence-electron chi connectivity index (χ3n) is 3.06. The highest BCUT2D eigenvalue weighted by Gasteiger charge is 2.38. The van der Waals surface area contributed by atoms with Crippen molar-refractivity contribution in [2.24, 2.45) is 0 Å². The fourth-order valence-electron chi connectivity index (χ4n) is 2.16. The molecule has 3 aromatic rings. The molecule has 0 unspecified atom stereocenters. The smallest absolute Gasteiger partial charge is 0.0960 e. The highest BCUT2D eigenvalue weighted by atomic mass is 32.1. The lowest BCUT2D eigenvalue weighted by Crippen LogP contribution is -2.30. The molecule has 0 atom stereocenters. The van der Waals surface area contributed by atoms with Crippen molar-refractivity contribution in [2.45, 2.75) is 5.41 Å². The van der Waals surface area contributed by atoms with Crippen molar-refractivity contribution in [1.82, 2.24) is 0 Å². The monoisotopic (exact) mass is 292 g/mol. The van der Waals surface area contributed by atoms with Gasteiger partial charge in [0.2, 0.25) is 0 Å². The first-order valence-corrected chi connectivity index (χ1v) is 8.24. The van der Waals surface area contributed by atoms with Crippen LogP contribution in [0.4, 0.5) is 0 Å². The second-order valence-electron chi connectivity index (χ2n) is 4.00. The first-order chi connectivity index (χ1) is 8.88. The fourth-order valence-corrected chi connectivity index (χ4v) is 5.20. The predicted molar refractivity (Wildman–Crippen MR) is 79.9 cm³/mol. The average Bonchev–Trinajstić information content (AvgIpc) is 3.16. The first-order valence-electron chi connectivity index (χ1n) is 5.61. The zero-order valence-corrected chi connectivity index (χ0v) is 12.0. The maximum Gasteiger partial charge on any atom is 0.0960 e. The van der Waals surface area contributed by atoms with Crippen LogP contribution in [0.25, 0.3) is 0 Å². The Balaban J connectivity index is 2.25. The third-order valence-corrected chi connectivity index (χ3v) is 6.16. The SMILES string of the molecule is OCC(c1cccs1)(c1cccs1)c1cccs1. The second-order valence-corrected chi connectivity index (χ2v) is 6.84. The number of thiophene rings is 3. The van der Waals surface area contributed by atoms with Crippen molar-refractivity contribution < 1.29 is 5.11 Å². The minimum absolute atomic E-state index is 0.106. The van der Waals surface area contributed by atoms with Crippen molar-refractivity contribution >= 4 is 34.0 Å². The van der Waals surface area contributed by atoms with Crippen LogP contribution < -0.4 is 0 Å². The molecule has 0 bridgehead atoms. The van der Waals surface area contributed by atoms with Gasteiger partial charge in [-0.25, -0.2) is 0 Å². The van der Waals surface area contributed by atoms with Gasteiger partial charge in [-0.05, 0) is 34.3 Å². The van der Waals surface area contributed by atoms with Crippen molar-refractivity contribution in [3.63, 3.8) is 0 Å². The van der Waals surface area contributed by atoms with Gasteiger partial charge in [-0.15, -0.1) is 34.0 Å². The van der Waals surface area contributed by atoms with Gasteiger partial charge in [0.15, 0.2) is 0 Å². The molecule has 4 heteroatoms. The molecule has 0 aliphatic carbocycles. The summed E-state index contributed by atoms with van der Waals surface area (Å²) >= 11 is 5.11. The molecule has 0 amide bonds. The van der Waals surface area contributed by atoms with Crippen LogP contribution in [-0.4, -0.2) is 11.7 Å². The summed E-state index contributed by atoms with van der Waals surface area (Å²) in [4.78, 5) is 3.61. The van der Waals surface area contributed by atoms with Crippen LogP contribution in [0.2, 0.25) is 0 Å². The van der Waals surface area contributed by atoms with E-state index in [1.165, 1.54) is 14.6 Å². The summed E-state index contributed by atoms with van der Waals surface area (Å²) in [7, 11) is 0. The number of aliphatic hydroxyl groups is 1. The molecule has 0 fully saturated rings. The van der Waals surface area contributed by atoms with Crippen LogP contribution >= 0.6 is 34.0 Å². The van der Waals surface area contributed by atoms with Crippen molar-refractivity contribution in [1.29, 1.82) is 0 Å². The van der Waals surface area contributed by atoms with E-state index in [9.17, 15) is 5.11 Å². The number of rotatable bonds is 4. The summed E-state index contributed by atoms with van der Waals surface area (Å²) in [5.41, 5.74) is -0.378. The Hall–Kier alpha value is -0.940. The minimum atomic E-state index is -0.378. The maximum atomic E-state index is 10.1. The van der Waals surface area contributed by atoms with Gasteiger partial charge in [0.1, 0.15) is 0 Å². The molecule has 92 valence electrons. The van der Waals surface area contributed by atoms with Gasteiger partial charge in [0, 0.05) is 14.6 Å². The number of hydrogen-bond acceptors (Lipinski definition) is 4. The molecule has 3 rings (SSSR count). The zero-order valence-electron chi connectivity index (χ0n) is 9.58. The normalized spacial score (nSPS) is 11.8. The van der Waals surface area contributed by atoms with E-state index in [0.29, 0.717) is 0 Å². The summed E-state index contributed by atoms with van der Waals surface area (Å²) in [5.74, 6) is 0. The number of aliphatic hydroxyl groups excluding tert-OH is 1. The molecule has 3 aromatic heterocycles. The molecule has 0 saturated heterocycles. The molecule has 0 aliphatic rings. The lowest BCUT2D eigenvalue weighted by molar-refractivity contribution is 0.249. The second kappa shape index (κ2) is 4.97. The molecule has 0 radical (unpaired) electrons. The largest absolute Gasteiger partial charge is 0.395 e. The van der Waals surface area contributed by atoms with E-state index >= 15 is 0 Å². The lowest BCUT2D eigenvalue weighted by Gasteiger charge is -2.29. The topological polar surface area (TPSA) is 20.2 Å². The van der Waals surface area contributed by atoms with E-state index in [2.05, 4.69) is 34.3 Å². The van der Waals surface area contributed by atoms with Crippen molar-refractivity contribution in [3.05, 3.63) is 67.2 Å². The van der Waals surface area contributed by atoms with Gasteiger partial charge in [0.25, 0.3) is 0 Å². The molecule has 0 spiro atoms. The van der Waals surface area contributed by atoms with Crippen LogP contribution in [0, 0.1) is 0 Å². The Kier molecular flexibility index (Phi) is 3.35. The van der Waals surface area contributed by atoms with Gasteiger partial charge in [-0.1, -0.05) is 18.2 Å². The summed E-state index contributed by atoms with van der Waals surface area (Å²) in [5, 5.41) is 16.3. The molecule has 0 aromatic carbocycles. The highest BCUT2D eigenvalue weighted by molar-refractivity contribution is 7.13. The fraction of sp³-hybridized carbons (Fsp3) is 0.143. The van der Waals surface area contributed by atoms with E-state index in [-0.39, 0.29) is 12.0 Å². The molecule has 3 heterocycles. The van der Waals surface area contributed by atoms with Gasteiger partial charge >= 0.3 is 0 Å². The quantitative estimate of drug-likeness (QED) is 0.764. The van der Waals surface area contributed by atoms with Crippen molar-refractivity contribution in [2.75, 3.05) is 6.61 Å². The number of hydrogen-bond donors (Lipinski definition) is 1. The van der Waals surface area contributed by atoms with Gasteiger partial charge in [0.05, 0.1) is 12.0 Å². The van der Waals surface area contributed by atoms with Crippen LogP contribution in [-0.2, 0) is 5.41 Å². The Bertz CT molecular complexity index is 495. The van der Waals surface area contributed by atoms with E-state index in [4.69, 9.17) is 0 Å². The Morgan fingerprint density at radius 3 is 1.39 bits per heavy atom. The van der Waals surface area contributed by atoms with Gasteiger partial charge < -0.3 is 5.11 Å². The Labute approximate surface area is 118 Å².